The Kier molecular flexibility index (Phi) is 5.57. The van der Waals surface area contributed by atoms with Crippen molar-refractivity contribution < 1.29 is 9.21 Å². The number of furan rings is 1. The summed E-state index contributed by atoms with van der Waals surface area (Å²) >= 11 is 1.60. The van der Waals surface area contributed by atoms with Crippen molar-refractivity contribution in [2.45, 2.75) is 30.5 Å². The highest BCUT2D eigenvalue weighted by atomic mass is 32.2. The number of nitrogens with zero attached hydrogens (tertiary/aromatic N) is 4. The first kappa shape index (κ1) is 17.0. The summed E-state index contributed by atoms with van der Waals surface area (Å²) in [5.74, 6) is 2.13. The number of aromatic nitrogens is 3. The zero-order chi connectivity index (χ0) is 16.9. The number of carbonyl (C=O) groups is 1. The molecule has 3 rings (SSSR count). The van der Waals surface area contributed by atoms with Crippen LogP contribution < -0.4 is 5.32 Å². The third-order valence-corrected chi connectivity index (χ3v) is 5.05. The minimum absolute atomic E-state index is 0.0230. The zero-order valence-electron chi connectivity index (χ0n) is 14.1. The molecule has 3 heterocycles. The van der Waals surface area contributed by atoms with Gasteiger partial charge in [0.1, 0.15) is 11.6 Å². The number of hydrogen-bond donors (Lipinski definition) is 1. The van der Waals surface area contributed by atoms with E-state index in [-0.39, 0.29) is 5.91 Å². The van der Waals surface area contributed by atoms with Crippen molar-refractivity contribution in [1.29, 1.82) is 0 Å². The molecule has 2 aromatic rings. The number of thioether (sulfide) groups is 1. The molecule has 0 aliphatic carbocycles. The Morgan fingerprint density at radius 2 is 2.38 bits per heavy atom. The summed E-state index contributed by atoms with van der Waals surface area (Å²) in [6, 6.07) is 3.68. The van der Waals surface area contributed by atoms with Crippen LogP contribution in [0.25, 0.3) is 0 Å². The lowest BCUT2D eigenvalue weighted by molar-refractivity contribution is -0.122. The molecule has 1 aliphatic rings. The van der Waals surface area contributed by atoms with Crippen molar-refractivity contribution in [3.8, 4) is 0 Å². The van der Waals surface area contributed by atoms with Crippen LogP contribution in [-0.4, -0.2) is 51.5 Å². The molecule has 1 aliphatic heterocycles. The second kappa shape index (κ2) is 7.85. The van der Waals surface area contributed by atoms with Crippen LogP contribution in [0.2, 0.25) is 0 Å². The number of carbonyl (C=O) groups excluding carboxylic acids is 1. The Hall–Kier alpha value is -1.80. The first-order chi connectivity index (χ1) is 11.7. The fourth-order valence-electron chi connectivity index (χ4n) is 3.13. The van der Waals surface area contributed by atoms with Crippen LogP contribution in [0.1, 0.15) is 30.3 Å². The molecule has 2 aromatic heterocycles. The lowest BCUT2D eigenvalue weighted by Crippen LogP contribution is -2.42. The number of amides is 1. The molecule has 8 heteroatoms. The number of nitrogens with one attached hydrogen (secondary N) is 1. The predicted octanol–water partition coefficient (Wildman–Crippen LogP) is 1.63. The van der Waals surface area contributed by atoms with Crippen LogP contribution in [0.15, 0.2) is 28.0 Å². The normalized spacial score (nSPS) is 18.7. The molecule has 130 valence electrons. The maximum Gasteiger partial charge on any atom is 0.234 e. The number of rotatable bonds is 6. The summed E-state index contributed by atoms with van der Waals surface area (Å²) in [6.45, 7) is 2.63. The average Bonchev–Trinajstić information content (AvgIpc) is 3.22. The van der Waals surface area contributed by atoms with E-state index in [1.54, 1.807) is 18.0 Å². The molecule has 0 unspecified atom stereocenters. The van der Waals surface area contributed by atoms with Crippen molar-refractivity contribution in [3.05, 3.63) is 30.0 Å². The van der Waals surface area contributed by atoms with Gasteiger partial charge in [-0.2, -0.15) is 0 Å². The lowest BCUT2D eigenvalue weighted by Gasteiger charge is -2.31. The molecule has 1 amide bonds. The van der Waals surface area contributed by atoms with Gasteiger partial charge in [-0.3, -0.25) is 9.69 Å². The lowest BCUT2D eigenvalue weighted by atomic mass is 9.97. The summed E-state index contributed by atoms with van der Waals surface area (Å²) in [7, 11) is 2.01. The van der Waals surface area contributed by atoms with Gasteiger partial charge in [-0.05, 0) is 37.8 Å². The molecule has 7 nitrogen and oxygen atoms in total. The van der Waals surface area contributed by atoms with Crippen LogP contribution >= 0.6 is 11.8 Å². The highest BCUT2D eigenvalue weighted by Crippen LogP contribution is 2.27. The third-order valence-electron chi connectivity index (χ3n) is 4.33. The van der Waals surface area contributed by atoms with Crippen molar-refractivity contribution in [1.82, 2.24) is 25.0 Å². The Morgan fingerprint density at radius 1 is 1.50 bits per heavy atom. The van der Waals surface area contributed by atoms with Crippen LogP contribution in [0.5, 0.6) is 0 Å². The van der Waals surface area contributed by atoms with Crippen LogP contribution in [0.4, 0.5) is 0 Å². The van der Waals surface area contributed by atoms with E-state index < -0.39 is 0 Å². The van der Waals surface area contributed by atoms with Gasteiger partial charge in [0.2, 0.25) is 5.91 Å². The zero-order valence-corrected chi connectivity index (χ0v) is 14.9. The predicted molar refractivity (Wildman–Crippen MR) is 91.8 cm³/mol. The second-order valence-corrected chi connectivity index (χ2v) is 6.81. The van der Waals surface area contributed by atoms with E-state index in [9.17, 15) is 4.79 Å². The molecule has 1 fully saturated rings. The van der Waals surface area contributed by atoms with E-state index in [0.717, 1.165) is 42.7 Å². The van der Waals surface area contributed by atoms with Gasteiger partial charge in [-0.25, -0.2) is 0 Å². The van der Waals surface area contributed by atoms with E-state index in [1.807, 2.05) is 25.4 Å². The molecule has 0 bridgehead atoms. The first-order valence-corrected chi connectivity index (χ1v) is 9.34. The van der Waals surface area contributed by atoms with Crippen LogP contribution in [0, 0.1) is 0 Å². The molecule has 1 N–H and O–H groups in total. The molecule has 1 saturated heterocycles. The fraction of sp³-hybridized carbons (Fsp3) is 0.562. The highest BCUT2D eigenvalue weighted by molar-refractivity contribution is 7.98. The Balaban J connectivity index is 1.53. The maximum atomic E-state index is 12.1. The highest BCUT2D eigenvalue weighted by Gasteiger charge is 2.26. The van der Waals surface area contributed by atoms with Gasteiger partial charge < -0.3 is 14.3 Å². The standard InChI is InChI=1S/C16H23N5O2S/c1-20-15(18-19-16(20)24-2)12-5-3-7-21(10-12)11-14(22)17-9-13-6-4-8-23-13/h4,6,8,12H,3,5,7,9-11H2,1-2H3,(H,17,22)/t12-/m1/s1. The van der Waals surface area contributed by atoms with E-state index in [2.05, 4.69) is 25.0 Å². The van der Waals surface area contributed by atoms with Gasteiger partial charge in [0.15, 0.2) is 5.16 Å². The molecule has 0 spiro atoms. The topological polar surface area (TPSA) is 76.2 Å². The Labute approximate surface area is 145 Å². The first-order valence-electron chi connectivity index (χ1n) is 8.12. The smallest absolute Gasteiger partial charge is 0.234 e. The van der Waals surface area contributed by atoms with E-state index in [0.29, 0.717) is 19.0 Å². The van der Waals surface area contributed by atoms with Gasteiger partial charge in [0, 0.05) is 19.5 Å². The monoisotopic (exact) mass is 349 g/mol. The molecule has 0 radical (unpaired) electrons. The fourth-order valence-corrected chi connectivity index (χ4v) is 3.62. The van der Waals surface area contributed by atoms with E-state index in [1.165, 1.54) is 0 Å². The Bertz CT molecular complexity index is 670. The van der Waals surface area contributed by atoms with Crippen molar-refractivity contribution in [3.63, 3.8) is 0 Å². The van der Waals surface area contributed by atoms with Gasteiger partial charge in [-0.1, -0.05) is 11.8 Å². The van der Waals surface area contributed by atoms with Crippen LogP contribution in [0.3, 0.4) is 0 Å². The van der Waals surface area contributed by atoms with Crippen molar-refractivity contribution >= 4 is 17.7 Å². The molecule has 0 saturated carbocycles. The molecular formula is C16H23N5O2S. The number of likely N-dealkylation sites (tertiary alicyclic amines) is 1. The second-order valence-electron chi connectivity index (χ2n) is 6.03. The van der Waals surface area contributed by atoms with Gasteiger partial charge in [-0.15, -0.1) is 10.2 Å². The van der Waals surface area contributed by atoms with Gasteiger partial charge in [0.25, 0.3) is 0 Å². The summed E-state index contributed by atoms with van der Waals surface area (Å²) in [6.07, 6.45) is 5.77. The summed E-state index contributed by atoms with van der Waals surface area (Å²) in [5.41, 5.74) is 0. The molecule has 0 aromatic carbocycles. The number of hydrogen-bond acceptors (Lipinski definition) is 6. The SMILES string of the molecule is CSc1nnc([C@@H]2CCCN(CC(=O)NCc3ccco3)C2)n1C. The van der Waals surface area contributed by atoms with E-state index >= 15 is 0 Å². The average molecular weight is 349 g/mol. The third kappa shape index (κ3) is 3.99. The van der Waals surface area contributed by atoms with Gasteiger partial charge in [0.05, 0.1) is 19.4 Å². The van der Waals surface area contributed by atoms with Crippen molar-refractivity contribution in [2.24, 2.45) is 7.05 Å². The molecule has 1 atom stereocenters. The number of piperidine rings is 1. The quantitative estimate of drug-likeness (QED) is 0.799. The minimum atomic E-state index is 0.0230. The molecule has 24 heavy (non-hydrogen) atoms. The summed E-state index contributed by atoms with van der Waals surface area (Å²) in [5, 5.41) is 12.4. The summed E-state index contributed by atoms with van der Waals surface area (Å²) in [4.78, 5) is 14.3. The Morgan fingerprint density at radius 3 is 3.08 bits per heavy atom. The van der Waals surface area contributed by atoms with Crippen molar-refractivity contribution in [2.75, 3.05) is 25.9 Å². The van der Waals surface area contributed by atoms with Gasteiger partial charge >= 0.3 is 0 Å². The largest absolute Gasteiger partial charge is 0.467 e. The molecular weight excluding hydrogens is 326 g/mol. The van der Waals surface area contributed by atoms with Crippen LogP contribution in [-0.2, 0) is 18.4 Å². The maximum absolute atomic E-state index is 12.1. The van der Waals surface area contributed by atoms with E-state index in [4.69, 9.17) is 4.42 Å². The minimum Gasteiger partial charge on any atom is -0.467 e. The summed E-state index contributed by atoms with van der Waals surface area (Å²) < 4.78 is 7.29.